The number of nitrogens with zero attached hydrogens (tertiary/aromatic N) is 2. The molecule has 3 amide bonds. The van der Waals surface area contributed by atoms with Crippen molar-refractivity contribution in [2.24, 2.45) is 5.92 Å². The van der Waals surface area contributed by atoms with E-state index in [1.807, 2.05) is 56.3 Å². The summed E-state index contributed by atoms with van der Waals surface area (Å²) >= 11 is 0. The Morgan fingerprint density at radius 1 is 1.07 bits per heavy atom. The van der Waals surface area contributed by atoms with Crippen molar-refractivity contribution in [2.75, 3.05) is 36.8 Å². The van der Waals surface area contributed by atoms with Crippen LogP contribution >= 0.6 is 0 Å². The number of carbonyl (C=O) groups excluding carboxylic acids is 2. The first-order chi connectivity index (χ1) is 21.9. The van der Waals surface area contributed by atoms with E-state index in [2.05, 4.69) is 10.0 Å². The summed E-state index contributed by atoms with van der Waals surface area (Å²) in [6.07, 6.45) is -0.590. The summed E-state index contributed by atoms with van der Waals surface area (Å²) in [5.41, 5.74) is 2.41. The number of nitrogens with one attached hydrogen (secondary N) is 2. The zero-order valence-electron chi connectivity index (χ0n) is 26.4. The van der Waals surface area contributed by atoms with Crippen LogP contribution in [0.15, 0.2) is 89.8 Å². The van der Waals surface area contributed by atoms with Gasteiger partial charge >= 0.3 is 6.03 Å². The number of aliphatic hydroxyl groups excluding tert-OH is 1. The highest BCUT2D eigenvalue weighted by molar-refractivity contribution is 7.92. The predicted octanol–water partition coefficient (Wildman–Crippen LogP) is 5.26. The van der Waals surface area contributed by atoms with Gasteiger partial charge < -0.3 is 25.0 Å². The first-order valence-electron chi connectivity index (χ1n) is 15.2. The van der Waals surface area contributed by atoms with Crippen molar-refractivity contribution in [3.63, 3.8) is 0 Å². The van der Waals surface area contributed by atoms with Gasteiger partial charge in [-0.3, -0.25) is 9.52 Å². The van der Waals surface area contributed by atoms with Crippen LogP contribution < -0.4 is 14.8 Å². The average molecular weight is 645 g/mol. The second kappa shape index (κ2) is 13.8. The molecule has 4 aromatic rings. The number of amides is 3. The Morgan fingerprint density at radius 3 is 2.52 bits per heavy atom. The molecule has 242 valence electrons. The monoisotopic (exact) mass is 644 g/mol. The molecule has 0 aliphatic carbocycles. The molecule has 5 rings (SSSR count). The first kappa shape index (κ1) is 32.8. The highest BCUT2D eigenvalue weighted by Crippen LogP contribution is 2.30. The number of aryl methyl sites for hydroxylation is 1. The van der Waals surface area contributed by atoms with E-state index in [0.717, 1.165) is 16.3 Å². The van der Waals surface area contributed by atoms with Gasteiger partial charge in [0.15, 0.2) is 0 Å². The van der Waals surface area contributed by atoms with E-state index < -0.39 is 22.2 Å². The number of hydrogen-bond acceptors (Lipinski definition) is 6. The van der Waals surface area contributed by atoms with Crippen LogP contribution in [0, 0.1) is 12.8 Å². The lowest BCUT2D eigenvalue weighted by Crippen LogP contribution is -2.48. The molecule has 1 heterocycles. The summed E-state index contributed by atoms with van der Waals surface area (Å²) in [5.74, 6) is -0.0271. The molecule has 1 aliphatic rings. The molecule has 0 saturated carbocycles. The standard InChI is InChI=1S/C35H40N4O6S/c1-23-12-15-29(16-13-23)46(43,44)37-28-14-17-32-27(18-28)19-34(41)39(25(3)22-40)20-24(2)33(45-32)21-38(4)35(42)36-31-11-7-9-26-8-5-6-10-30(26)31/h5-18,24-25,33,37,40H,19-22H2,1-4H3,(H,36,42)/t24-,25-,33-/m1/s1. The lowest BCUT2D eigenvalue weighted by Gasteiger charge is -2.34. The first-order valence-corrected chi connectivity index (χ1v) is 16.7. The van der Waals surface area contributed by atoms with E-state index in [1.165, 1.54) is 12.1 Å². The fraction of sp³-hybridized carbons (Fsp3) is 0.314. The smallest absolute Gasteiger partial charge is 0.321 e. The number of carbonyl (C=O) groups is 2. The van der Waals surface area contributed by atoms with Crippen molar-refractivity contribution in [3.8, 4) is 5.75 Å². The molecule has 0 spiro atoms. The van der Waals surface area contributed by atoms with Crippen molar-refractivity contribution in [1.82, 2.24) is 9.80 Å². The molecule has 0 radical (unpaired) electrons. The van der Waals surface area contributed by atoms with Crippen LogP contribution in [0.4, 0.5) is 16.2 Å². The van der Waals surface area contributed by atoms with Crippen LogP contribution in [-0.4, -0.2) is 74.2 Å². The third kappa shape index (κ3) is 7.43. The molecule has 10 nitrogen and oxygen atoms in total. The lowest BCUT2D eigenvalue weighted by atomic mass is 10.0. The number of benzene rings is 4. The molecule has 46 heavy (non-hydrogen) atoms. The summed E-state index contributed by atoms with van der Waals surface area (Å²) in [6.45, 7) is 5.87. The predicted molar refractivity (Wildman–Crippen MR) is 180 cm³/mol. The normalized spacial score (nSPS) is 17.6. The van der Waals surface area contributed by atoms with E-state index in [4.69, 9.17) is 4.74 Å². The number of fused-ring (bicyclic) bond motifs is 2. The molecule has 3 N–H and O–H groups in total. The van der Waals surface area contributed by atoms with Gasteiger partial charge in [0, 0.05) is 36.1 Å². The number of sulfonamides is 1. The van der Waals surface area contributed by atoms with Crippen molar-refractivity contribution in [1.29, 1.82) is 0 Å². The van der Waals surface area contributed by atoms with Crippen LogP contribution in [0.3, 0.4) is 0 Å². The Bertz CT molecular complexity index is 1820. The van der Waals surface area contributed by atoms with Crippen molar-refractivity contribution >= 4 is 44.1 Å². The van der Waals surface area contributed by atoms with E-state index in [-0.39, 0.29) is 48.0 Å². The van der Waals surface area contributed by atoms with Gasteiger partial charge in [0.25, 0.3) is 10.0 Å². The molecular weight excluding hydrogens is 604 g/mol. The summed E-state index contributed by atoms with van der Waals surface area (Å²) in [6, 6.07) is 24.1. The summed E-state index contributed by atoms with van der Waals surface area (Å²) in [5, 5.41) is 14.9. The third-order valence-electron chi connectivity index (χ3n) is 8.33. The number of rotatable bonds is 8. The average Bonchev–Trinajstić information content (AvgIpc) is 3.08. The molecule has 0 unspecified atom stereocenters. The number of urea groups is 1. The highest BCUT2D eigenvalue weighted by Gasteiger charge is 2.32. The molecule has 0 bridgehead atoms. The van der Waals surface area contributed by atoms with Crippen LogP contribution in [0.25, 0.3) is 10.8 Å². The number of anilines is 2. The minimum Gasteiger partial charge on any atom is -0.488 e. The summed E-state index contributed by atoms with van der Waals surface area (Å²) < 4.78 is 35.3. The largest absolute Gasteiger partial charge is 0.488 e. The second-order valence-electron chi connectivity index (χ2n) is 12.0. The maximum Gasteiger partial charge on any atom is 0.321 e. The number of hydrogen-bond donors (Lipinski definition) is 3. The Labute approximate surface area is 270 Å². The lowest BCUT2D eigenvalue weighted by molar-refractivity contribution is -0.134. The summed E-state index contributed by atoms with van der Waals surface area (Å²) in [4.78, 5) is 30.2. The Morgan fingerprint density at radius 2 is 1.78 bits per heavy atom. The van der Waals surface area contributed by atoms with Crippen molar-refractivity contribution < 1.29 is 27.9 Å². The van der Waals surface area contributed by atoms with Gasteiger partial charge in [-0.15, -0.1) is 0 Å². The Balaban J connectivity index is 1.41. The van der Waals surface area contributed by atoms with Crippen molar-refractivity contribution in [3.05, 3.63) is 96.1 Å². The molecule has 1 aliphatic heterocycles. The highest BCUT2D eigenvalue weighted by atomic mass is 32.2. The Hall–Kier alpha value is -4.61. The van der Waals surface area contributed by atoms with Crippen LogP contribution in [0.1, 0.15) is 25.0 Å². The van der Waals surface area contributed by atoms with E-state index in [0.29, 0.717) is 23.5 Å². The molecule has 4 aromatic carbocycles. The van der Waals surface area contributed by atoms with Gasteiger partial charge in [-0.2, -0.15) is 0 Å². The molecule has 3 atom stereocenters. The van der Waals surface area contributed by atoms with Gasteiger partial charge in [0.2, 0.25) is 5.91 Å². The third-order valence-corrected chi connectivity index (χ3v) is 9.73. The van der Waals surface area contributed by atoms with Gasteiger partial charge in [-0.25, -0.2) is 13.2 Å². The molecule has 0 aromatic heterocycles. The van der Waals surface area contributed by atoms with Crippen LogP contribution in [0.5, 0.6) is 5.75 Å². The zero-order valence-corrected chi connectivity index (χ0v) is 27.3. The van der Waals surface area contributed by atoms with Crippen molar-refractivity contribution in [2.45, 2.75) is 44.2 Å². The minimum absolute atomic E-state index is 0.0589. The molecule has 0 saturated heterocycles. The number of likely N-dealkylation sites (N-methyl/N-ethyl adjacent to an activating group) is 1. The molecular formula is C35H40N4O6S. The minimum atomic E-state index is -3.88. The second-order valence-corrected chi connectivity index (χ2v) is 13.6. The van der Waals surface area contributed by atoms with Gasteiger partial charge in [0.05, 0.1) is 36.2 Å². The fourth-order valence-corrected chi connectivity index (χ4v) is 6.59. The molecule has 11 heteroatoms. The zero-order chi connectivity index (χ0) is 33.0. The van der Waals surface area contributed by atoms with Gasteiger partial charge in [-0.05, 0) is 55.6 Å². The van der Waals surface area contributed by atoms with Gasteiger partial charge in [-0.1, -0.05) is 61.0 Å². The topological polar surface area (TPSA) is 128 Å². The number of ether oxygens (including phenoxy) is 1. The van der Waals surface area contributed by atoms with E-state index in [9.17, 15) is 23.1 Å². The summed E-state index contributed by atoms with van der Waals surface area (Å²) in [7, 11) is -2.19. The quantitative estimate of drug-likeness (QED) is 0.240. The number of aliphatic hydroxyl groups is 1. The maximum atomic E-state index is 13.6. The van der Waals surface area contributed by atoms with Crippen LogP contribution in [0.2, 0.25) is 0 Å². The molecule has 0 fully saturated rings. The van der Waals surface area contributed by atoms with Crippen LogP contribution in [-0.2, 0) is 21.2 Å². The van der Waals surface area contributed by atoms with Gasteiger partial charge in [0.1, 0.15) is 11.9 Å². The van der Waals surface area contributed by atoms with E-state index >= 15 is 0 Å². The van der Waals surface area contributed by atoms with E-state index in [1.54, 1.807) is 54.1 Å². The SMILES string of the molecule is Cc1ccc(S(=O)(=O)Nc2ccc3c(c2)CC(=O)N([C@H](C)CO)C[C@@H](C)[C@@H](CN(C)C(=O)Nc2cccc4ccccc24)O3)cc1. The Kier molecular flexibility index (Phi) is 9.83. The fourth-order valence-electron chi connectivity index (χ4n) is 5.54. The maximum absolute atomic E-state index is 13.6.